The Morgan fingerprint density at radius 3 is 2.36 bits per heavy atom. The van der Waals surface area contributed by atoms with Crippen molar-refractivity contribution in [2.75, 3.05) is 25.0 Å². The van der Waals surface area contributed by atoms with Crippen LogP contribution in [0.5, 0.6) is 5.75 Å². The topological polar surface area (TPSA) is 173 Å². The summed E-state index contributed by atoms with van der Waals surface area (Å²) in [6, 6.07) is 11.7. The molecule has 0 atom stereocenters. The average molecular weight is 656 g/mol. The van der Waals surface area contributed by atoms with E-state index < -0.39 is 23.5 Å². The van der Waals surface area contributed by atoms with Crippen molar-refractivity contribution in [3.05, 3.63) is 87.0 Å². The zero-order valence-electron chi connectivity index (χ0n) is 26.5. The molecule has 11 nitrogen and oxygen atoms in total. The van der Waals surface area contributed by atoms with Gasteiger partial charge in [-0.2, -0.15) is 0 Å². The number of carboxylic acid groups (broad SMARTS) is 1. The van der Waals surface area contributed by atoms with Gasteiger partial charge in [0.2, 0.25) is 0 Å². The van der Waals surface area contributed by atoms with Crippen LogP contribution in [0.4, 0.5) is 5.69 Å². The highest BCUT2D eigenvalue weighted by Crippen LogP contribution is 2.43. The monoisotopic (exact) mass is 655 g/mol. The summed E-state index contributed by atoms with van der Waals surface area (Å²) in [4.78, 5) is 58.0. The average Bonchev–Trinajstić information content (AvgIpc) is 3.47. The number of hydrogen-bond acceptors (Lipinski definition) is 8. The summed E-state index contributed by atoms with van der Waals surface area (Å²) in [5.74, 6) is -2.30. The molecule has 1 aliphatic rings. The van der Waals surface area contributed by atoms with E-state index in [1.165, 1.54) is 23.5 Å². The first-order valence-electron chi connectivity index (χ1n) is 15.5. The summed E-state index contributed by atoms with van der Waals surface area (Å²) in [5, 5.41) is 20.7. The van der Waals surface area contributed by atoms with Crippen LogP contribution in [0, 0.1) is 6.92 Å². The van der Waals surface area contributed by atoms with Crippen molar-refractivity contribution in [2.45, 2.75) is 46.6 Å². The molecule has 0 radical (unpaired) electrons. The number of ether oxygens (including phenoxy) is 1. The molecule has 12 heteroatoms. The van der Waals surface area contributed by atoms with Gasteiger partial charge in [-0.3, -0.25) is 14.4 Å². The Balaban J connectivity index is 1.68. The third-order valence-electron chi connectivity index (χ3n) is 7.79. The number of hydrogen-bond donors (Lipinski definition) is 5. The SMILES string of the molecule is CCCNC(=O)c1ccc(-c2cc3c(cc2C(=O)Nc2c(C)cc(CN)cc2C(=O)NCCC)-c2sccc2CCO3)c(C(=O)O)n1. The van der Waals surface area contributed by atoms with Gasteiger partial charge >= 0.3 is 5.97 Å². The number of aromatic nitrogens is 1. The second kappa shape index (κ2) is 14.6. The number of aryl methyl sites for hydroxylation is 1. The van der Waals surface area contributed by atoms with E-state index in [9.17, 15) is 24.3 Å². The molecule has 0 aliphatic carbocycles. The predicted octanol–water partition coefficient (Wildman–Crippen LogP) is 5.41. The number of pyridine rings is 1. The smallest absolute Gasteiger partial charge is 0.355 e. The van der Waals surface area contributed by atoms with Crippen molar-refractivity contribution in [1.82, 2.24) is 15.6 Å². The third-order valence-corrected chi connectivity index (χ3v) is 8.78. The molecule has 1 aliphatic heterocycles. The number of carboxylic acids is 1. The molecule has 6 N–H and O–H groups in total. The van der Waals surface area contributed by atoms with E-state index in [1.807, 2.05) is 31.4 Å². The highest BCUT2D eigenvalue weighted by Gasteiger charge is 2.27. The Labute approximate surface area is 276 Å². The van der Waals surface area contributed by atoms with Crippen molar-refractivity contribution >= 4 is 40.7 Å². The van der Waals surface area contributed by atoms with Gasteiger partial charge in [0.1, 0.15) is 11.4 Å². The minimum absolute atomic E-state index is 0.0572. The lowest BCUT2D eigenvalue weighted by Gasteiger charge is -2.19. The van der Waals surface area contributed by atoms with E-state index in [4.69, 9.17) is 10.5 Å². The molecular weight excluding hydrogens is 618 g/mol. The fraction of sp³-hybridized carbons (Fsp3) is 0.286. The Morgan fingerprint density at radius 1 is 0.915 bits per heavy atom. The van der Waals surface area contributed by atoms with Gasteiger partial charge in [-0.25, -0.2) is 9.78 Å². The van der Waals surface area contributed by atoms with Crippen molar-refractivity contribution < 1.29 is 29.0 Å². The largest absolute Gasteiger partial charge is 0.493 e. The van der Waals surface area contributed by atoms with E-state index in [1.54, 1.807) is 25.1 Å². The van der Waals surface area contributed by atoms with Crippen LogP contribution in [0.15, 0.2) is 47.8 Å². The quantitative estimate of drug-likeness (QED) is 0.143. The number of benzene rings is 2. The number of aromatic carboxylic acids is 1. The maximum atomic E-state index is 14.4. The Morgan fingerprint density at radius 2 is 1.66 bits per heavy atom. The van der Waals surface area contributed by atoms with Crippen LogP contribution >= 0.6 is 11.3 Å². The Kier molecular flexibility index (Phi) is 10.3. The number of carbonyl (C=O) groups excluding carboxylic acids is 3. The molecule has 0 bridgehead atoms. The molecule has 0 spiro atoms. The summed E-state index contributed by atoms with van der Waals surface area (Å²) in [6.07, 6.45) is 2.09. The summed E-state index contributed by atoms with van der Waals surface area (Å²) in [6.45, 7) is 7.09. The van der Waals surface area contributed by atoms with Crippen LogP contribution in [0.2, 0.25) is 0 Å². The van der Waals surface area contributed by atoms with Crippen molar-refractivity contribution in [3.63, 3.8) is 0 Å². The second-order valence-corrected chi connectivity index (χ2v) is 12.1. The maximum absolute atomic E-state index is 14.4. The normalized spacial score (nSPS) is 11.8. The van der Waals surface area contributed by atoms with Crippen LogP contribution in [0.1, 0.15) is 85.1 Å². The third kappa shape index (κ3) is 7.03. The highest BCUT2D eigenvalue weighted by molar-refractivity contribution is 7.13. The standard InChI is InChI=1S/C35H37N5O6S/c1-4-10-37-32(41)26-15-20(18-36)14-19(3)29(26)40-33(42)24-16-25-28(46-12-8-21-9-13-47-31(21)25)17-23(24)22-6-7-27(34(43)38-11-5-2)39-30(22)35(44)45/h6-7,9,13-17H,4-5,8,10-12,18,36H2,1-3H3,(H,37,41)(H,38,43)(H,40,42)(H,44,45). The van der Waals surface area contributed by atoms with Crippen molar-refractivity contribution in [1.29, 1.82) is 0 Å². The predicted molar refractivity (Wildman–Crippen MR) is 181 cm³/mol. The first kappa shape index (κ1) is 33.3. The number of anilines is 1. The van der Waals surface area contributed by atoms with Crippen molar-refractivity contribution in [2.24, 2.45) is 5.73 Å². The minimum Gasteiger partial charge on any atom is -0.493 e. The zero-order chi connectivity index (χ0) is 33.7. The van der Waals surface area contributed by atoms with Crippen LogP contribution in [-0.4, -0.2) is 53.5 Å². The number of fused-ring (bicyclic) bond motifs is 3. The van der Waals surface area contributed by atoms with E-state index in [0.717, 1.165) is 22.4 Å². The molecule has 3 heterocycles. The van der Waals surface area contributed by atoms with E-state index in [2.05, 4.69) is 20.9 Å². The Hall–Kier alpha value is -5.07. The van der Waals surface area contributed by atoms with Gasteiger partial charge in [-0.1, -0.05) is 19.9 Å². The molecule has 4 aromatic rings. The summed E-state index contributed by atoms with van der Waals surface area (Å²) < 4.78 is 6.12. The summed E-state index contributed by atoms with van der Waals surface area (Å²) in [5.41, 5.74) is 9.70. The zero-order valence-corrected chi connectivity index (χ0v) is 27.3. The van der Waals surface area contributed by atoms with E-state index in [0.29, 0.717) is 55.1 Å². The second-order valence-electron chi connectivity index (χ2n) is 11.2. The van der Waals surface area contributed by atoms with Crippen LogP contribution in [0.3, 0.4) is 0 Å². The van der Waals surface area contributed by atoms with Crippen LogP contribution < -0.4 is 26.4 Å². The number of carbonyl (C=O) groups is 4. The fourth-order valence-corrected chi connectivity index (χ4v) is 6.44. The number of amides is 3. The molecule has 0 saturated heterocycles. The molecule has 0 fully saturated rings. The number of nitrogens with zero attached hydrogens (tertiary/aromatic N) is 1. The molecular formula is C35H37N5O6S. The van der Waals surface area contributed by atoms with E-state index >= 15 is 0 Å². The molecule has 0 saturated carbocycles. The van der Waals surface area contributed by atoms with Gasteiger partial charge in [0.25, 0.3) is 17.7 Å². The van der Waals surface area contributed by atoms with Gasteiger partial charge < -0.3 is 31.5 Å². The molecule has 0 unspecified atom stereocenters. The lowest BCUT2D eigenvalue weighted by molar-refractivity contribution is 0.0690. The minimum atomic E-state index is -1.36. The first-order valence-corrected chi connectivity index (χ1v) is 16.4. The number of nitrogens with two attached hydrogens (primary N) is 1. The van der Waals surface area contributed by atoms with Crippen LogP contribution in [0.25, 0.3) is 21.6 Å². The molecule has 2 aromatic heterocycles. The summed E-state index contributed by atoms with van der Waals surface area (Å²) in [7, 11) is 0. The van der Waals surface area contributed by atoms with E-state index in [-0.39, 0.29) is 40.4 Å². The lowest BCUT2D eigenvalue weighted by Crippen LogP contribution is -2.27. The maximum Gasteiger partial charge on any atom is 0.355 e. The molecule has 5 rings (SSSR count). The number of thiophene rings is 1. The first-order chi connectivity index (χ1) is 22.7. The highest BCUT2D eigenvalue weighted by atomic mass is 32.1. The van der Waals surface area contributed by atoms with Gasteiger partial charge in [0, 0.05) is 53.2 Å². The number of nitrogens with one attached hydrogen (secondary N) is 3. The lowest BCUT2D eigenvalue weighted by atomic mass is 9.93. The molecule has 47 heavy (non-hydrogen) atoms. The van der Waals surface area contributed by atoms with Gasteiger partial charge in [-0.05, 0) is 78.2 Å². The summed E-state index contributed by atoms with van der Waals surface area (Å²) >= 11 is 1.52. The Bertz CT molecular complexity index is 1870. The van der Waals surface area contributed by atoms with Gasteiger partial charge in [0.05, 0.1) is 17.9 Å². The molecule has 3 amide bonds. The molecule has 2 aromatic carbocycles. The van der Waals surface area contributed by atoms with Gasteiger partial charge in [0.15, 0.2) is 5.69 Å². The van der Waals surface area contributed by atoms with Crippen molar-refractivity contribution in [3.8, 4) is 27.3 Å². The fourth-order valence-electron chi connectivity index (χ4n) is 5.46. The van der Waals surface area contributed by atoms with Crippen LogP contribution in [-0.2, 0) is 13.0 Å². The van der Waals surface area contributed by atoms with Gasteiger partial charge in [-0.15, -0.1) is 11.3 Å². The number of rotatable bonds is 11. The molecule has 244 valence electrons.